The number of hydrogen-bond donors (Lipinski definition) is 1. The summed E-state index contributed by atoms with van der Waals surface area (Å²) in [7, 11) is 3.96. The molecule has 1 heterocycles. The molecule has 1 rings (SSSR count). The van der Waals surface area contributed by atoms with Gasteiger partial charge in [-0.25, -0.2) is 0 Å². The van der Waals surface area contributed by atoms with Gasteiger partial charge in [0.15, 0.2) is 0 Å². The van der Waals surface area contributed by atoms with Gasteiger partial charge in [-0.3, -0.25) is 9.78 Å². The maximum Gasteiger partial charge on any atom is 0.270 e. The Morgan fingerprint density at radius 1 is 1.50 bits per heavy atom. The molecule has 0 atom stereocenters. The summed E-state index contributed by atoms with van der Waals surface area (Å²) in [6.45, 7) is 2.46. The SMILES string of the molecule is CN(C)CCOCCNC(=O)c1cc(Cl)ccn1. The van der Waals surface area contributed by atoms with Crippen LogP contribution in [0.5, 0.6) is 0 Å². The van der Waals surface area contributed by atoms with E-state index in [1.165, 1.54) is 12.3 Å². The third-order valence-corrected chi connectivity index (χ3v) is 2.40. The van der Waals surface area contributed by atoms with Crippen molar-refractivity contribution in [3.05, 3.63) is 29.0 Å². The highest BCUT2D eigenvalue weighted by Crippen LogP contribution is 2.07. The van der Waals surface area contributed by atoms with Crippen LogP contribution in [0, 0.1) is 0 Å². The first-order chi connectivity index (χ1) is 8.59. The molecule has 18 heavy (non-hydrogen) atoms. The molecule has 0 bridgehead atoms. The molecule has 1 N–H and O–H groups in total. The van der Waals surface area contributed by atoms with Crippen molar-refractivity contribution in [3.8, 4) is 0 Å². The van der Waals surface area contributed by atoms with Gasteiger partial charge in [0.1, 0.15) is 5.69 Å². The summed E-state index contributed by atoms with van der Waals surface area (Å²) in [6, 6.07) is 3.16. The molecule has 0 unspecified atom stereocenters. The summed E-state index contributed by atoms with van der Waals surface area (Å²) in [5.41, 5.74) is 0.316. The van der Waals surface area contributed by atoms with Crippen LogP contribution in [-0.4, -0.2) is 56.2 Å². The zero-order valence-electron chi connectivity index (χ0n) is 10.6. The van der Waals surface area contributed by atoms with Gasteiger partial charge in [-0.15, -0.1) is 0 Å². The Bertz CT molecular complexity index is 385. The molecule has 0 aliphatic rings. The van der Waals surface area contributed by atoms with Crippen LogP contribution in [-0.2, 0) is 4.74 Å². The summed E-state index contributed by atoms with van der Waals surface area (Å²) in [5, 5.41) is 3.21. The Labute approximate surface area is 112 Å². The molecule has 6 heteroatoms. The highest BCUT2D eigenvalue weighted by Gasteiger charge is 2.06. The van der Waals surface area contributed by atoms with E-state index in [4.69, 9.17) is 16.3 Å². The van der Waals surface area contributed by atoms with Crippen LogP contribution in [0.1, 0.15) is 10.5 Å². The first-order valence-electron chi connectivity index (χ1n) is 5.72. The zero-order chi connectivity index (χ0) is 13.4. The van der Waals surface area contributed by atoms with Crippen molar-refractivity contribution in [2.45, 2.75) is 0 Å². The largest absolute Gasteiger partial charge is 0.378 e. The van der Waals surface area contributed by atoms with Crippen LogP contribution in [0.25, 0.3) is 0 Å². The lowest BCUT2D eigenvalue weighted by Gasteiger charge is -2.10. The highest BCUT2D eigenvalue weighted by atomic mass is 35.5. The van der Waals surface area contributed by atoms with E-state index >= 15 is 0 Å². The first kappa shape index (κ1) is 14.9. The van der Waals surface area contributed by atoms with Crippen molar-refractivity contribution < 1.29 is 9.53 Å². The average Bonchev–Trinajstić information content (AvgIpc) is 2.33. The molecular weight excluding hydrogens is 254 g/mol. The second-order valence-corrected chi connectivity index (χ2v) is 4.47. The molecule has 0 fully saturated rings. The van der Waals surface area contributed by atoms with Gasteiger partial charge in [0.05, 0.1) is 13.2 Å². The smallest absolute Gasteiger partial charge is 0.270 e. The van der Waals surface area contributed by atoms with Gasteiger partial charge in [-0.1, -0.05) is 11.6 Å². The number of ether oxygens (including phenoxy) is 1. The maximum absolute atomic E-state index is 11.6. The third-order valence-electron chi connectivity index (χ3n) is 2.17. The van der Waals surface area contributed by atoms with Crippen LogP contribution in [0.4, 0.5) is 0 Å². The Morgan fingerprint density at radius 2 is 2.28 bits per heavy atom. The second-order valence-electron chi connectivity index (χ2n) is 4.03. The lowest BCUT2D eigenvalue weighted by atomic mass is 10.3. The normalized spacial score (nSPS) is 10.7. The van der Waals surface area contributed by atoms with Gasteiger partial charge in [0.25, 0.3) is 5.91 Å². The molecule has 5 nitrogen and oxygen atoms in total. The maximum atomic E-state index is 11.6. The van der Waals surface area contributed by atoms with Crippen molar-refractivity contribution in [1.29, 1.82) is 0 Å². The molecule has 1 aromatic rings. The van der Waals surface area contributed by atoms with Crippen molar-refractivity contribution >= 4 is 17.5 Å². The van der Waals surface area contributed by atoms with Crippen molar-refractivity contribution in [1.82, 2.24) is 15.2 Å². The van der Waals surface area contributed by atoms with Gasteiger partial charge in [0.2, 0.25) is 0 Å². The van der Waals surface area contributed by atoms with E-state index in [2.05, 4.69) is 10.3 Å². The van der Waals surface area contributed by atoms with Crippen LogP contribution in [0.3, 0.4) is 0 Å². The van der Waals surface area contributed by atoms with E-state index in [9.17, 15) is 4.79 Å². The van der Waals surface area contributed by atoms with E-state index in [-0.39, 0.29) is 5.91 Å². The summed E-state index contributed by atoms with van der Waals surface area (Å²) in [4.78, 5) is 17.6. The van der Waals surface area contributed by atoms with Crippen LogP contribution < -0.4 is 5.32 Å². The molecule has 0 saturated carbocycles. The van der Waals surface area contributed by atoms with Crippen LogP contribution >= 0.6 is 11.6 Å². The number of nitrogens with zero attached hydrogens (tertiary/aromatic N) is 2. The molecule has 0 spiro atoms. The van der Waals surface area contributed by atoms with Gasteiger partial charge >= 0.3 is 0 Å². The van der Waals surface area contributed by atoms with Gasteiger partial charge in [-0.2, -0.15) is 0 Å². The predicted octanol–water partition coefficient (Wildman–Crippen LogP) is 1.04. The Morgan fingerprint density at radius 3 is 2.94 bits per heavy atom. The fourth-order valence-corrected chi connectivity index (χ4v) is 1.37. The van der Waals surface area contributed by atoms with E-state index in [1.807, 2.05) is 19.0 Å². The minimum absolute atomic E-state index is 0.242. The number of nitrogens with one attached hydrogen (secondary N) is 1. The Hall–Kier alpha value is -1.17. The fraction of sp³-hybridized carbons (Fsp3) is 0.500. The summed E-state index contributed by atoms with van der Waals surface area (Å²) >= 11 is 5.77. The summed E-state index contributed by atoms with van der Waals surface area (Å²) < 4.78 is 5.35. The first-order valence-corrected chi connectivity index (χ1v) is 6.09. The molecule has 1 amide bonds. The van der Waals surface area contributed by atoms with Gasteiger partial charge < -0.3 is 15.0 Å². The quantitative estimate of drug-likeness (QED) is 0.753. The topological polar surface area (TPSA) is 54.5 Å². The van der Waals surface area contributed by atoms with Crippen LogP contribution in [0.2, 0.25) is 5.02 Å². The number of carbonyl (C=O) groups is 1. The molecule has 0 aromatic carbocycles. The molecule has 0 aliphatic carbocycles. The predicted molar refractivity (Wildman–Crippen MR) is 71.0 cm³/mol. The number of hydrogen-bond acceptors (Lipinski definition) is 4. The minimum atomic E-state index is -0.242. The van der Waals surface area contributed by atoms with Crippen molar-refractivity contribution in [3.63, 3.8) is 0 Å². The van der Waals surface area contributed by atoms with E-state index in [0.29, 0.717) is 30.5 Å². The standard InChI is InChI=1S/C12H18ClN3O2/c1-16(2)6-8-18-7-5-15-12(17)11-9-10(13)3-4-14-11/h3-4,9H,5-8H2,1-2H3,(H,15,17). The minimum Gasteiger partial charge on any atom is -0.378 e. The van der Waals surface area contributed by atoms with Crippen LogP contribution in [0.15, 0.2) is 18.3 Å². The number of carbonyl (C=O) groups excluding carboxylic acids is 1. The molecule has 0 aliphatic heterocycles. The Kier molecular flexibility index (Phi) is 6.64. The van der Waals surface area contributed by atoms with E-state index in [1.54, 1.807) is 6.07 Å². The second kappa shape index (κ2) is 8.02. The number of amides is 1. The highest BCUT2D eigenvalue weighted by molar-refractivity contribution is 6.30. The monoisotopic (exact) mass is 271 g/mol. The number of aromatic nitrogens is 1. The Balaban J connectivity index is 2.18. The lowest BCUT2D eigenvalue weighted by Crippen LogP contribution is -2.29. The van der Waals surface area contributed by atoms with E-state index < -0.39 is 0 Å². The van der Waals surface area contributed by atoms with Crippen molar-refractivity contribution in [2.75, 3.05) is 40.4 Å². The molecule has 100 valence electrons. The summed E-state index contributed by atoms with van der Waals surface area (Å²) in [5.74, 6) is -0.242. The van der Waals surface area contributed by atoms with Crippen molar-refractivity contribution in [2.24, 2.45) is 0 Å². The van der Waals surface area contributed by atoms with E-state index in [0.717, 1.165) is 6.54 Å². The van der Waals surface area contributed by atoms with Gasteiger partial charge in [-0.05, 0) is 26.2 Å². The molecular formula is C12H18ClN3O2. The molecule has 0 radical (unpaired) electrons. The number of pyridine rings is 1. The number of rotatable bonds is 7. The fourth-order valence-electron chi connectivity index (χ4n) is 1.21. The molecule has 1 aromatic heterocycles. The number of halogens is 1. The average molecular weight is 272 g/mol. The zero-order valence-corrected chi connectivity index (χ0v) is 11.4. The van der Waals surface area contributed by atoms with Gasteiger partial charge in [0, 0.05) is 24.3 Å². The number of likely N-dealkylation sites (N-methyl/N-ethyl adjacent to an activating group) is 1. The lowest BCUT2D eigenvalue weighted by molar-refractivity contribution is 0.0896. The summed E-state index contributed by atoms with van der Waals surface area (Å²) in [6.07, 6.45) is 1.50. The molecule has 0 saturated heterocycles. The third kappa shape index (κ3) is 5.95.